The molecule has 7 N–H and O–H groups in total. The first-order chi connectivity index (χ1) is 16.2. The number of nitrogens with one attached hydrogen (secondary N) is 7. The van der Waals surface area contributed by atoms with Gasteiger partial charge >= 0.3 is 0 Å². The van der Waals surface area contributed by atoms with Crippen molar-refractivity contribution < 1.29 is 9.53 Å². The van der Waals surface area contributed by atoms with Gasteiger partial charge in [0.1, 0.15) is 0 Å². The molecule has 8 atom stereocenters. The quantitative estimate of drug-likeness (QED) is 0.259. The van der Waals surface area contributed by atoms with Crippen LogP contribution in [0.4, 0.5) is 0 Å². The molecule has 0 aromatic rings. The zero-order chi connectivity index (χ0) is 22.6. The monoisotopic (exact) mass is 464 g/mol. The number of carbonyl (C=O) groups is 1. The molecule has 4 heterocycles. The molecule has 0 aromatic heterocycles. The summed E-state index contributed by atoms with van der Waals surface area (Å²) in [4.78, 5) is 15.6. The molecule has 188 valence electrons. The van der Waals surface area contributed by atoms with E-state index in [9.17, 15) is 4.79 Å². The molecule has 1 aliphatic carbocycles. The van der Waals surface area contributed by atoms with Gasteiger partial charge in [0, 0.05) is 43.9 Å². The maximum atomic E-state index is 13.2. The van der Waals surface area contributed by atoms with E-state index < -0.39 is 0 Å². The van der Waals surface area contributed by atoms with Gasteiger partial charge in [-0.3, -0.25) is 15.0 Å². The van der Waals surface area contributed by atoms with E-state index in [1.807, 2.05) is 0 Å². The standard InChI is InChI=1S/C23H44N8O2/c1-31-20(29-30-22(31)18-7-10-24-14-27-18)13-26-16-5-2-4-15(12-16)23(32)28-17-8-11-33-19-6-3-9-25-21(17)19/h15-22,24-27,29-30H,2-14H2,1H3,(H,28,32)/t15?,16?,17-,18?,19?,20?,21?,22?/m1/s1. The van der Waals surface area contributed by atoms with E-state index in [1.54, 1.807) is 0 Å². The summed E-state index contributed by atoms with van der Waals surface area (Å²) in [6.45, 7) is 4.59. The maximum Gasteiger partial charge on any atom is 0.223 e. The van der Waals surface area contributed by atoms with E-state index in [0.717, 1.165) is 84.3 Å². The van der Waals surface area contributed by atoms with Crippen LogP contribution in [-0.2, 0) is 9.53 Å². The number of carbonyl (C=O) groups excluding carboxylic acids is 1. The molecule has 5 fully saturated rings. The Bertz CT molecular complexity index is 646. The number of likely N-dealkylation sites (N-methyl/N-ethyl adjacent to an activating group) is 1. The molecule has 5 aliphatic rings. The van der Waals surface area contributed by atoms with Gasteiger partial charge in [-0.2, -0.15) is 0 Å². The van der Waals surface area contributed by atoms with E-state index in [4.69, 9.17) is 4.74 Å². The summed E-state index contributed by atoms with van der Waals surface area (Å²) in [5.41, 5.74) is 6.94. The molecule has 7 unspecified atom stereocenters. The molecule has 33 heavy (non-hydrogen) atoms. The van der Waals surface area contributed by atoms with Gasteiger partial charge in [0.15, 0.2) is 0 Å². The molecule has 0 aromatic carbocycles. The van der Waals surface area contributed by atoms with E-state index in [1.165, 1.54) is 0 Å². The van der Waals surface area contributed by atoms with Crippen molar-refractivity contribution in [3.63, 3.8) is 0 Å². The highest BCUT2D eigenvalue weighted by Crippen LogP contribution is 2.27. The number of rotatable bonds is 6. The summed E-state index contributed by atoms with van der Waals surface area (Å²) >= 11 is 0. The van der Waals surface area contributed by atoms with Crippen LogP contribution in [0.3, 0.4) is 0 Å². The van der Waals surface area contributed by atoms with Gasteiger partial charge in [0.05, 0.1) is 24.5 Å². The number of hydrazine groups is 1. The number of piperidine rings is 1. The van der Waals surface area contributed by atoms with Crippen LogP contribution < -0.4 is 37.4 Å². The normalized spacial score (nSPS) is 42.6. The van der Waals surface area contributed by atoms with Crippen molar-refractivity contribution in [1.29, 1.82) is 0 Å². The Morgan fingerprint density at radius 2 is 2.00 bits per heavy atom. The van der Waals surface area contributed by atoms with E-state index >= 15 is 0 Å². The van der Waals surface area contributed by atoms with Crippen LogP contribution in [-0.4, -0.2) is 93.4 Å². The fourth-order valence-electron chi connectivity index (χ4n) is 6.43. The van der Waals surface area contributed by atoms with Gasteiger partial charge < -0.3 is 26.0 Å². The third-order valence-corrected chi connectivity index (χ3v) is 8.44. The van der Waals surface area contributed by atoms with Crippen LogP contribution in [0.25, 0.3) is 0 Å². The second-order valence-electron chi connectivity index (χ2n) is 10.6. The van der Waals surface area contributed by atoms with Crippen molar-refractivity contribution >= 4 is 5.91 Å². The molecule has 1 amide bonds. The zero-order valence-corrected chi connectivity index (χ0v) is 20.1. The Hall–Kier alpha value is -0.850. The lowest BCUT2D eigenvalue weighted by Crippen LogP contribution is -2.62. The molecule has 4 saturated heterocycles. The minimum Gasteiger partial charge on any atom is -0.376 e. The summed E-state index contributed by atoms with van der Waals surface area (Å²) in [5.74, 6) is 0.356. The smallest absolute Gasteiger partial charge is 0.223 e. The largest absolute Gasteiger partial charge is 0.376 e. The fraction of sp³-hybridized carbons (Fsp3) is 0.957. The first-order valence-corrected chi connectivity index (χ1v) is 13.2. The molecular weight excluding hydrogens is 420 g/mol. The van der Waals surface area contributed by atoms with Gasteiger partial charge in [-0.1, -0.05) is 6.42 Å². The molecule has 5 rings (SSSR count). The molecule has 1 saturated carbocycles. The highest BCUT2D eigenvalue weighted by atomic mass is 16.5. The summed E-state index contributed by atoms with van der Waals surface area (Å²) in [6.07, 6.45) is 9.28. The van der Waals surface area contributed by atoms with Crippen LogP contribution in [0.1, 0.15) is 51.4 Å². The highest BCUT2D eigenvalue weighted by molar-refractivity contribution is 5.79. The van der Waals surface area contributed by atoms with E-state index in [-0.39, 0.29) is 36.2 Å². The zero-order valence-electron chi connectivity index (χ0n) is 20.1. The molecule has 10 heteroatoms. The number of hydrogen-bond acceptors (Lipinski definition) is 9. The molecular formula is C23H44N8O2. The van der Waals surface area contributed by atoms with Crippen LogP contribution in [0.15, 0.2) is 0 Å². The fourth-order valence-corrected chi connectivity index (χ4v) is 6.43. The predicted octanol–water partition coefficient (Wildman–Crippen LogP) is -1.24. The van der Waals surface area contributed by atoms with Crippen LogP contribution in [0, 0.1) is 5.92 Å². The van der Waals surface area contributed by atoms with Crippen LogP contribution in [0.2, 0.25) is 0 Å². The number of hydrogen-bond donors (Lipinski definition) is 7. The lowest BCUT2D eigenvalue weighted by atomic mass is 9.84. The van der Waals surface area contributed by atoms with E-state index in [2.05, 4.69) is 49.4 Å². The van der Waals surface area contributed by atoms with Crippen molar-refractivity contribution in [2.24, 2.45) is 5.92 Å². The maximum absolute atomic E-state index is 13.2. The lowest BCUT2D eigenvalue weighted by Gasteiger charge is -2.42. The summed E-state index contributed by atoms with van der Waals surface area (Å²) in [5, 5.41) is 17.7. The average Bonchev–Trinajstić information content (AvgIpc) is 3.24. The minimum absolute atomic E-state index is 0.111. The Morgan fingerprint density at radius 1 is 1.06 bits per heavy atom. The first-order valence-electron chi connectivity index (χ1n) is 13.2. The molecule has 4 aliphatic heterocycles. The third-order valence-electron chi connectivity index (χ3n) is 8.44. The van der Waals surface area contributed by atoms with Crippen molar-refractivity contribution in [3.8, 4) is 0 Å². The van der Waals surface area contributed by atoms with Crippen LogP contribution in [0.5, 0.6) is 0 Å². The van der Waals surface area contributed by atoms with Gasteiger partial charge in [0.2, 0.25) is 5.91 Å². The lowest BCUT2D eigenvalue weighted by molar-refractivity contribution is -0.129. The second-order valence-corrected chi connectivity index (χ2v) is 10.6. The van der Waals surface area contributed by atoms with Gasteiger partial charge in [-0.15, -0.1) is 0 Å². The van der Waals surface area contributed by atoms with Gasteiger partial charge in [-0.05, 0) is 65.1 Å². The number of nitrogens with zero attached hydrogens (tertiary/aromatic N) is 1. The first kappa shape index (κ1) is 23.9. The predicted molar refractivity (Wildman–Crippen MR) is 127 cm³/mol. The summed E-state index contributed by atoms with van der Waals surface area (Å²) in [6, 6.07) is 1.32. The van der Waals surface area contributed by atoms with Crippen molar-refractivity contribution in [2.45, 2.75) is 94.0 Å². The van der Waals surface area contributed by atoms with Crippen LogP contribution >= 0.6 is 0 Å². The number of amides is 1. The average molecular weight is 465 g/mol. The SMILES string of the molecule is CN1C(CNC2CCCC(C(=O)N[C@@H]3CCOC4CCCNC43)C2)NNC1C1CCNCN1. The Kier molecular flexibility index (Phi) is 8.14. The van der Waals surface area contributed by atoms with Gasteiger partial charge in [-0.25, -0.2) is 10.9 Å². The number of fused-ring (bicyclic) bond motifs is 1. The highest BCUT2D eigenvalue weighted by Gasteiger charge is 2.39. The Morgan fingerprint density at radius 3 is 2.88 bits per heavy atom. The summed E-state index contributed by atoms with van der Waals surface area (Å²) in [7, 11) is 2.19. The topological polar surface area (TPSA) is 114 Å². The molecule has 0 radical (unpaired) electrons. The molecule has 0 bridgehead atoms. The second kappa shape index (κ2) is 11.3. The Balaban J connectivity index is 1.07. The minimum atomic E-state index is 0.111. The molecule has 0 spiro atoms. The van der Waals surface area contributed by atoms with Crippen molar-refractivity contribution in [1.82, 2.24) is 42.3 Å². The summed E-state index contributed by atoms with van der Waals surface area (Å²) < 4.78 is 5.95. The van der Waals surface area contributed by atoms with Crippen molar-refractivity contribution in [2.75, 3.05) is 40.0 Å². The van der Waals surface area contributed by atoms with E-state index in [0.29, 0.717) is 18.2 Å². The van der Waals surface area contributed by atoms with Gasteiger partial charge in [0.25, 0.3) is 0 Å². The molecule has 10 nitrogen and oxygen atoms in total. The number of ether oxygens (including phenoxy) is 1. The van der Waals surface area contributed by atoms with Crippen molar-refractivity contribution in [3.05, 3.63) is 0 Å². The Labute approximate surface area is 198 Å². The third kappa shape index (κ3) is 5.70.